The van der Waals surface area contributed by atoms with Crippen molar-refractivity contribution in [1.29, 1.82) is 0 Å². The smallest absolute Gasteiger partial charge is 0.306 e. The number of carbonyl (C=O) groups is 3. The average molecular weight is 845 g/mol. The molecule has 0 aromatic rings. The fourth-order valence-corrected chi connectivity index (χ4v) is 7.67. The fraction of sp³-hybridized carbons (Fsp3) is 0.870. The highest BCUT2D eigenvalue weighted by Gasteiger charge is 2.19. The summed E-state index contributed by atoms with van der Waals surface area (Å²) >= 11 is 0. The van der Waals surface area contributed by atoms with Gasteiger partial charge < -0.3 is 14.2 Å². The van der Waals surface area contributed by atoms with E-state index in [9.17, 15) is 14.4 Å². The van der Waals surface area contributed by atoms with Gasteiger partial charge in [-0.25, -0.2) is 0 Å². The lowest BCUT2D eigenvalue weighted by Crippen LogP contribution is -2.30. The summed E-state index contributed by atoms with van der Waals surface area (Å²) in [6, 6.07) is 0. The first-order valence-corrected chi connectivity index (χ1v) is 26.3. The third-order valence-corrected chi connectivity index (χ3v) is 11.7. The topological polar surface area (TPSA) is 78.9 Å². The first kappa shape index (κ1) is 57.9. The van der Waals surface area contributed by atoms with Crippen molar-refractivity contribution in [2.75, 3.05) is 13.2 Å². The van der Waals surface area contributed by atoms with Crippen LogP contribution >= 0.6 is 0 Å². The van der Waals surface area contributed by atoms with E-state index < -0.39 is 6.10 Å². The first-order valence-electron chi connectivity index (χ1n) is 26.3. The molecule has 0 spiro atoms. The normalized spacial score (nSPS) is 12.1. The first-order chi connectivity index (χ1) is 29.5. The van der Waals surface area contributed by atoms with E-state index in [-0.39, 0.29) is 31.1 Å². The Bertz CT molecular complexity index is 973. The van der Waals surface area contributed by atoms with Crippen LogP contribution in [0.15, 0.2) is 24.3 Å². The van der Waals surface area contributed by atoms with Gasteiger partial charge in [-0.3, -0.25) is 14.4 Å². The maximum absolute atomic E-state index is 12.8. The van der Waals surface area contributed by atoms with Crippen LogP contribution in [0, 0.1) is 0 Å². The van der Waals surface area contributed by atoms with Gasteiger partial charge in [0.05, 0.1) is 0 Å². The van der Waals surface area contributed by atoms with Crippen LogP contribution in [0.3, 0.4) is 0 Å². The van der Waals surface area contributed by atoms with Crippen molar-refractivity contribution in [2.24, 2.45) is 0 Å². The summed E-state index contributed by atoms with van der Waals surface area (Å²) in [6.07, 6.45) is 55.8. The van der Waals surface area contributed by atoms with Crippen molar-refractivity contribution in [3.63, 3.8) is 0 Å². The van der Waals surface area contributed by atoms with Gasteiger partial charge in [-0.2, -0.15) is 0 Å². The molecule has 6 heteroatoms. The molecule has 0 N–H and O–H groups in total. The molecule has 0 saturated carbocycles. The van der Waals surface area contributed by atoms with Gasteiger partial charge in [0.25, 0.3) is 0 Å². The summed E-state index contributed by atoms with van der Waals surface area (Å²) in [5.74, 6) is -0.877. The molecule has 0 saturated heterocycles. The van der Waals surface area contributed by atoms with Gasteiger partial charge in [-0.1, -0.05) is 218 Å². The van der Waals surface area contributed by atoms with E-state index in [2.05, 4.69) is 45.1 Å². The van der Waals surface area contributed by atoms with Crippen LogP contribution in [0.1, 0.15) is 284 Å². The second-order valence-corrected chi connectivity index (χ2v) is 17.8. The quantitative estimate of drug-likeness (QED) is 0.0263. The SMILES string of the molecule is CCCCCCC/C=C\CCCCCCCC(=O)OC[C@@H](COC(=O)CCCCCCC/C=C\CCCCCCCC)OC(=O)CCCCCCCCCCCCCCC. The second-order valence-electron chi connectivity index (χ2n) is 17.8. The van der Waals surface area contributed by atoms with Gasteiger partial charge in [0.15, 0.2) is 6.10 Å². The van der Waals surface area contributed by atoms with Crippen LogP contribution in [0.25, 0.3) is 0 Å². The summed E-state index contributed by atoms with van der Waals surface area (Å²) in [7, 11) is 0. The second kappa shape index (κ2) is 49.5. The average Bonchev–Trinajstić information content (AvgIpc) is 3.24. The maximum Gasteiger partial charge on any atom is 0.306 e. The predicted molar refractivity (Wildman–Crippen MR) is 256 cm³/mol. The van der Waals surface area contributed by atoms with Crippen LogP contribution in [0.2, 0.25) is 0 Å². The van der Waals surface area contributed by atoms with Gasteiger partial charge >= 0.3 is 17.9 Å². The number of rotatable bonds is 48. The zero-order chi connectivity index (χ0) is 43.7. The van der Waals surface area contributed by atoms with Crippen LogP contribution < -0.4 is 0 Å². The summed E-state index contributed by atoms with van der Waals surface area (Å²) in [5, 5.41) is 0. The summed E-state index contributed by atoms with van der Waals surface area (Å²) in [5.41, 5.74) is 0. The highest BCUT2D eigenvalue weighted by Crippen LogP contribution is 2.15. The molecule has 0 unspecified atom stereocenters. The van der Waals surface area contributed by atoms with E-state index in [0.717, 1.165) is 70.6 Å². The van der Waals surface area contributed by atoms with E-state index in [0.29, 0.717) is 19.3 Å². The van der Waals surface area contributed by atoms with Gasteiger partial charge in [0.2, 0.25) is 0 Å². The number of hydrogen-bond acceptors (Lipinski definition) is 6. The van der Waals surface area contributed by atoms with Crippen molar-refractivity contribution in [2.45, 2.75) is 290 Å². The number of ether oxygens (including phenoxy) is 3. The van der Waals surface area contributed by atoms with Crippen molar-refractivity contribution < 1.29 is 28.6 Å². The molecule has 0 rings (SSSR count). The van der Waals surface area contributed by atoms with Gasteiger partial charge in [-0.05, 0) is 70.6 Å². The number of esters is 3. The molecule has 6 nitrogen and oxygen atoms in total. The van der Waals surface area contributed by atoms with E-state index in [1.165, 1.54) is 173 Å². The van der Waals surface area contributed by atoms with E-state index >= 15 is 0 Å². The van der Waals surface area contributed by atoms with Gasteiger partial charge in [-0.15, -0.1) is 0 Å². The Kier molecular flexibility index (Phi) is 47.8. The minimum Gasteiger partial charge on any atom is -0.462 e. The van der Waals surface area contributed by atoms with Gasteiger partial charge in [0.1, 0.15) is 13.2 Å². The van der Waals surface area contributed by atoms with Crippen LogP contribution in [0.4, 0.5) is 0 Å². The third kappa shape index (κ3) is 46.9. The molecule has 0 fully saturated rings. The molecule has 60 heavy (non-hydrogen) atoms. The Morgan fingerprint density at radius 3 is 0.833 bits per heavy atom. The van der Waals surface area contributed by atoms with E-state index in [4.69, 9.17) is 14.2 Å². The zero-order valence-electron chi connectivity index (χ0n) is 40.2. The van der Waals surface area contributed by atoms with Crippen molar-refractivity contribution >= 4 is 17.9 Å². The van der Waals surface area contributed by atoms with Crippen molar-refractivity contribution in [1.82, 2.24) is 0 Å². The minimum absolute atomic E-state index is 0.0746. The molecular formula is C54H100O6. The van der Waals surface area contributed by atoms with Crippen LogP contribution in [0.5, 0.6) is 0 Å². The Morgan fingerprint density at radius 1 is 0.317 bits per heavy atom. The monoisotopic (exact) mass is 845 g/mol. The molecule has 0 heterocycles. The van der Waals surface area contributed by atoms with E-state index in [1.807, 2.05) is 0 Å². The Hall–Kier alpha value is -2.11. The number of unbranched alkanes of at least 4 members (excludes halogenated alkanes) is 33. The number of allylic oxidation sites excluding steroid dienone is 4. The summed E-state index contributed by atoms with van der Waals surface area (Å²) in [6.45, 7) is 6.63. The predicted octanol–water partition coefficient (Wildman–Crippen LogP) is 17.2. The molecule has 0 aromatic heterocycles. The molecule has 0 aliphatic heterocycles. The number of hydrogen-bond donors (Lipinski definition) is 0. The van der Waals surface area contributed by atoms with Crippen LogP contribution in [-0.2, 0) is 28.6 Å². The Morgan fingerprint density at radius 2 is 0.550 bits per heavy atom. The molecule has 0 amide bonds. The molecule has 0 aromatic carbocycles. The van der Waals surface area contributed by atoms with E-state index in [1.54, 1.807) is 0 Å². The molecule has 0 aliphatic rings. The molecule has 352 valence electrons. The summed E-state index contributed by atoms with van der Waals surface area (Å²) < 4.78 is 16.8. The largest absolute Gasteiger partial charge is 0.462 e. The lowest BCUT2D eigenvalue weighted by atomic mass is 10.0. The third-order valence-electron chi connectivity index (χ3n) is 11.7. The summed E-state index contributed by atoms with van der Waals surface area (Å²) in [4.78, 5) is 38.0. The van der Waals surface area contributed by atoms with Crippen LogP contribution in [-0.4, -0.2) is 37.2 Å². The van der Waals surface area contributed by atoms with Gasteiger partial charge in [0, 0.05) is 19.3 Å². The van der Waals surface area contributed by atoms with Crippen molar-refractivity contribution in [3.8, 4) is 0 Å². The Balaban J connectivity index is 4.36. The zero-order valence-corrected chi connectivity index (χ0v) is 40.2. The molecule has 0 aliphatic carbocycles. The highest BCUT2D eigenvalue weighted by molar-refractivity contribution is 5.71. The highest BCUT2D eigenvalue weighted by atomic mass is 16.6. The molecule has 1 atom stereocenters. The molecule has 0 bridgehead atoms. The lowest BCUT2D eigenvalue weighted by molar-refractivity contribution is -0.167. The lowest BCUT2D eigenvalue weighted by Gasteiger charge is -2.18. The standard InChI is InChI=1S/C54H100O6/c1-4-7-10-13-16-19-22-25-27-30-32-35-38-41-44-47-53(56)59-50-51(60-54(57)48-45-42-39-36-33-28-24-21-18-15-12-9-6-3)49-58-52(55)46-43-40-37-34-31-29-26-23-20-17-14-11-8-5-2/h23,25-27,51H,4-22,24,28-50H2,1-3H3/b26-23-,27-25-/t51-/m0/s1. The molecular weight excluding hydrogens is 745 g/mol. The minimum atomic E-state index is -0.772. The maximum atomic E-state index is 12.8. The molecule has 0 radical (unpaired) electrons. The Labute approximate surface area is 373 Å². The fourth-order valence-electron chi connectivity index (χ4n) is 7.67. The number of carbonyl (C=O) groups excluding carboxylic acids is 3. The van der Waals surface area contributed by atoms with Crippen molar-refractivity contribution in [3.05, 3.63) is 24.3 Å².